The third-order valence-electron chi connectivity index (χ3n) is 4.32. The van der Waals surface area contributed by atoms with Crippen LogP contribution in [0.1, 0.15) is 22.6 Å². The van der Waals surface area contributed by atoms with Gasteiger partial charge in [0.1, 0.15) is 5.69 Å². The second kappa shape index (κ2) is 7.18. The van der Waals surface area contributed by atoms with Crippen LogP contribution in [0.3, 0.4) is 0 Å². The van der Waals surface area contributed by atoms with E-state index in [4.69, 9.17) is 0 Å². The summed E-state index contributed by atoms with van der Waals surface area (Å²) in [5.41, 5.74) is 0.644. The second-order valence-electron chi connectivity index (χ2n) is 6.45. The minimum Gasteiger partial charge on any atom is -0.340 e. The van der Waals surface area contributed by atoms with Crippen LogP contribution in [0, 0.1) is 18.6 Å². The van der Waals surface area contributed by atoms with Gasteiger partial charge in [-0.1, -0.05) is 0 Å². The summed E-state index contributed by atoms with van der Waals surface area (Å²) < 4.78 is 49.7. The van der Waals surface area contributed by atoms with Gasteiger partial charge in [-0.25, -0.2) is 27.2 Å². The Bertz CT molecular complexity index is 998. The fourth-order valence-electron chi connectivity index (χ4n) is 2.84. The highest BCUT2D eigenvalue weighted by atomic mass is 32.2. The van der Waals surface area contributed by atoms with Gasteiger partial charge in [0.2, 0.25) is 5.95 Å². The molecule has 1 aromatic heterocycles. The number of halogens is 2. The van der Waals surface area contributed by atoms with Crippen LogP contribution in [0.4, 0.5) is 20.4 Å². The molecule has 1 amide bonds. The molecule has 10 heteroatoms. The monoisotopic (exact) mass is 396 g/mol. The molecule has 0 saturated carbocycles. The summed E-state index contributed by atoms with van der Waals surface area (Å²) in [6, 6.07) is 4.21. The van der Waals surface area contributed by atoms with Crippen molar-refractivity contribution < 1.29 is 22.0 Å². The van der Waals surface area contributed by atoms with Crippen LogP contribution in [0.15, 0.2) is 24.3 Å². The number of hydrogen-bond donors (Lipinski definition) is 1. The summed E-state index contributed by atoms with van der Waals surface area (Å²) in [7, 11) is -1.40. The van der Waals surface area contributed by atoms with Crippen molar-refractivity contribution in [1.29, 1.82) is 0 Å². The van der Waals surface area contributed by atoms with E-state index in [0.717, 1.165) is 12.1 Å². The van der Waals surface area contributed by atoms with E-state index in [9.17, 15) is 22.0 Å². The SMILES string of the molecule is Cc1cc(C(=O)Nc2ccc(F)c(F)c2)nc(N(C)C2CCS(=O)(=O)C2)n1. The molecule has 0 bridgehead atoms. The van der Waals surface area contributed by atoms with Crippen molar-refractivity contribution in [2.75, 3.05) is 28.8 Å². The van der Waals surface area contributed by atoms with E-state index < -0.39 is 27.4 Å². The number of anilines is 2. The van der Waals surface area contributed by atoms with Crippen molar-refractivity contribution >= 4 is 27.4 Å². The zero-order valence-electron chi connectivity index (χ0n) is 14.7. The van der Waals surface area contributed by atoms with Gasteiger partial charge in [0.15, 0.2) is 21.5 Å². The molecule has 1 aromatic carbocycles. The van der Waals surface area contributed by atoms with Crippen LogP contribution in [0.5, 0.6) is 0 Å². The molecule has 7 nitrogen and oxygen atoms in total. The van der Waals surface area contributed by atoms with Crippen LogP contribution < -0.4 is 10.2 Å². The standard InChI is InChI=1S/C17H18F2N4O3S/c1-10-7-15(16(24)21-11-3-4-13(18)14(19)8-11)22-17(20-10)23(2)12-5-6-27(25,26)9-12/h3-4,7-8,12H,5-6,9H2,1-2H3,(H,21,24). The normalized spacial score (nSPS) is 18.3. The maximum absolute atomic E-state index is 13.3. The van der Waals surface area contributed by atoms with E-state index in [2.05, 4.69) is 15.3 Å². The van der Waals surface area contributed by atoms with Gasteiger partial charge in [-0.2, -0.15) is 0 Å². The van der Waals surface area contributed by atoms with Crippen molar-refractivity contribution in [1.82, 2.24) is 9.97 Å². The Hall–Kier alpha value is -2.62. The second-order valence-corrected chi connectivity index (χ2v) is 8.67. The quantitative estimate of drug-likeness (QED) is 0.849. The topological polar surface area (TPSA) is 92.3 Å². The van der Waals surface area contributed by atoms with Crippen LogP contribution in [-0.2, 0) is 9.84 Å². The molecule has 0 aliphatic carbocycles. The van der Waals surface area contributed by atoms with E-state index in [-0.39, 0.29) is 34.9 Å². The Morgan fingerprint density at radius 2 is 1.96 bits per heavy atom. The van der Waals surface area contributed by atoms with Crippen molar-refractivity contribution in [3.63, 3.8) is 0 Å². The van der Waals surface area contributed by atoms with E-state index in [1.807, 2.05) is 0 Å². The predicted molar refractivity (Wildman–Crippen MR) is 96.5 cm³/mol. The number of aryl methyl sites for hydroxylation is 1. The lowest BCUT2D eigenvalue weighted by molar-refractivity contribution is 0.102. The molecule has 1 aliphatic rings. The molecule has 144 valence electrons. The summed E-state index contributed by atoms with van der Waals surface area (Å²) in [5.74, 6) is -2.35. The predicted octanol–water partition coefficient (Wildman–Crippen LogP) is 1.94. The Morgan fingerprint density at radius 3 is 2.59 bits per heavy atom. The van der Waals surface area contributed by atoms with E-state index in [1.165, 1.54) is 12.1 Å². The molecule has 1 N–H and O–H groups in total. The summed E-state index contributed by atoms with van der Waals surface area (Å²) in [6.45, 7) is 1.68. The maximum Gasteiger partial charge on any atom is 0.274 e. The van der Waals surface area contributed by atoms with Gasteiger partial charge in [0.25, 0.3) is 5.91 Å². The third kappa shape index (κ3) is 4.38. The Kier molecular flexibility index (Phi) is 5.09. The summed E-state index contributed by atoms with van der Waals surface area (Å²) >= 11 is 0. The van der Waals surface area contributed by atoms with Crippen molar-refractivity contribution in [3.8, 4) is 0 Å². The van der Waals surface area contributed by atoms with Crippen LogP contribution in [0.25, 0.3) is 0 Å². The maximum atomic E-state index is 13.3. The number of aromatic nitrogens is 2. The Balaban J connectivity index is 1.82. The van der Waals surface area contributed by atoms with Gasteiger partial charge in [-0.05, 0) is 31.5 Å². The molecule has 1 atom stereocenters. The molecule has 1 unspecified atom stereocenters. The molecule has 2 heterocycles. The molecule has 1 aliphatic heterocycles. The molecule has 0 radical (unpaired) electrons. The van der Waals surface area contributed by atoms with Gasteiger partial charge >= 0.3 is 0 Å². The first-order valence-electron chi connectivity index (χ1n) is 8.20. The van der Waals surface area contributed by atoms with Crippen molar-refractivity contribution in [2.45, 2.75) is 19.4 Å². The van der Waals surface area contributed by atoms with Gasteiger partial charge in [-0.15, -0.1) is 0 Å². The fraction of sp³-hybridized carbons (Fsp3) is 0.353. The molecule has 2 aromatic rings. The molecule has 1 saturated heterocycles. The first-order valence-corrected chi connectivity index (χ1v) is 10.0. The highest BCUT2D eigenvalue weighted by Crippen LogP contribution is 2.21. The zero-order valence-corrected chi connectivity index (χ0v) is 15.6. The number of carbonyl (C=O) groups excluding carboxylic acids is 1. The molecule has 27 heavy (non-hydrogen) atoms. The van der Waals surface area contributed by atoms with E-state index in [1.54, 1.807) is 18.9 Å². The number of amides is 1. The van der Waals surface area contributed by atoms with Crippen molar-refractivity contribution in [2.24, 2.45) is 0 Å². The fourth-order valence-corrected chi connectivity index (χ4v) is 4.61. The lowest BCUT2D eigenvalue weighted by Gasteiger charge is -2.23. The number of sulfone groups is 1. The first-order chi connectivity index (χ1) is 12.6. The summed E-state index contributed by atoms with van der Waals surface area (Å²) in [5, 5.41) is 2.45. The highest BCUT2D eigenvalue weighted by Gasteiger charge is 2.32. The smallest absolute Gasteiger partial charge is 0.274 e. The van der Waals surface area contributed by atoms with E-state index >= 15 is 0 Å². The average Bonchev–Trinajstić information content (AvgIpc) is 2.97. The molecular weight excluding hydrogens is 378 g/mol. The van der Waals surface area contributed by atoms with Crippen LogP contribution >= 0.6 is 0 Å². The molecule has 3 rings (SSSR count). The minimum absolute atomic E-state index is 0.0111. The molecule has 0 spiro atoms. The number of nitrogens with one attached hydrogen (secondary N) is 1. The van der Waals surface area contributed by atoms with E-state index in [0.29, 0.717) is 12.1 Å². The van der Waals surface area contributed by atoms with Crippen molar-refractivity contribution in [3.05, 3.63) is 47.3 Å². The summed E-state index contributed by atoms with van der Waals surface area (Å²) in [4.78, 5) is 22.5. The van der Waals surface area contributed by atoms with Gasteiger partial charge in [0.05, 0.1) is 11.5 Å². The minimum atomic E-state index is -3.08. The van der Waals surface area contributed by atoms with Gasteiger partial charge in [0, 0.05) is 30.5 Å². The largest absolute Gasteiger partial charge is 0.340 e. The number of rotatable bonds is 4. The molecular formula is C17H18F2N4O3S. The first kappa shape index (κ1) is 19.2. The number of nitrogens with zero attached hydrogens (tertiary/aromatic N) is 3. The Morgan fingerprint density at radius 1 is 1.22 bits per heavy atom. The lowest BCUT2D eigenvalue weighted by Crippen LogP contribution is -2.34. The van der Waals surface area contributed by atoms with Crippen LogP contribution in [-0.4, -0.2) is 48.9 Å². The number of hydrogen-bond acceptors (Lipinski definition) is 6. The number of carbonyl (C=O) groups is 1. The Labute approximate surface area is 155 Å². The highest BCUT2D eigenvalue weighted by molar-refractivity contribution is 7.91. The summed E-state index contributed by atoms with van der Waals surface area (Å²) in [6.07, 6.45) is 0.465. The molecule has 1 fully saturated rings. The van der Waals surface area contributed by atoms with Crippen LogP contribution in [0.2, 0.25) is 0 Å². The van der Waals surface area contributed by atoms with Gasteiger partial charge in [-0.3, -0.25) is 4.79 Å². The number of benzene rings is 1. The van der Waals surface area contributed by atoms with Gasteiger partial charge < -0.3 is 10.2 Å². The average molecular weight is 396 g/mol. The third-order valence-corrected chi connectivity index (χ3v) is 6.07. The lowest BCUT2D eigenvalue weighted by atomic mass is 10.2. The zero-order chi connectivity index (χ0) is 19.8.